The Morgan fingerprint density at radius 1 is 0.931 bits per heavy atom. The van der Waals surface area contributed by atoms with Gasteiger partial charge in [-0.05, 0) is 48.0 Å². The molecule has 0 spiro atoms. The SMILES string of the molecule is O=C(/C=C/c1ccc(NS(=O)(=O)c2ccc3oc4ccccc4c3c2)cc1)NO. The van der Waals surface area contributed by atoms with Crippen LogP contribution in [0.4, 0.5) is 5.69 Å². The van der Waals surface area contributed by atoms with Crippen LogP contribution in [-0.2, 0) is 14.8 Å². The molecule has 1 amide bonds. The van der Waals surface area contributed by atoms with E-state index in [1.807, 2.05) is 24.3 Å². The number of hydrogen-bond donors (Lipinski definition) is 3. The predicted octanol–water partition coefficient (Wildman–Crippen LogP) is 3.91. The highest BCUT2D eigenvalue weighted by Crippen LogP contribution is 2.30. The molecule has 0 aliphatic carbocycles. The van der Waals surface area contributed by atoms with Gasteiger partial charge in [0.25, 0.3) is 15.9 Å². The van der Waals surface area contributed by atoms with Gasteiger partial charge < -0.3 is 4.42 Å². The summed E-state index contributed by atoms with van der Waals surface area (Å²) in [4.78, 5) is 11.1. The molecule has 1 aromatic heterocycles. The fourth-order valence-corrected chi connectivity index (χ4v) is 4.04. The van der Waals surface area contributed by atoms with Crippen molar-refractivity contribution in [3.05, 3.63) is 78.4 Å². The summed E-state index contributed by atoms with van der Waals surface area (Å²) in [5.74, 6) is -0.656. The van der Waals surface area contributed by atoms with Crippen molar-refractivity contribution < 1.29 is 22.8 Å². The fraction of sp³-hybridized carbons (Fsp3) is 0. The summed E-state index contributed by atoms with van der Waals surface area (Å²) in [5, 5.41) is 10.0. The third-order valence-electron chi connectivity index (χ3n) is 4.36. The predicted molar refractivity (Wildman–Crippen MR) is 110 cm³/mol. The summed E-state index contributed by atoms with van der Waals surface area (Å²) >= 11 is 0. The molecular formula is C21H16N2O5S. The number of nitrogens with one attached hydrogen (secondary N) is 2. The molecule has 7 nitrogen and oxygen atoms in total. The number of sulfonamides is 1. The van der Waals surface area contributed by atoms with E-state index in [2.05, 4.69) is 4.72 Å². The van der Waals surface area contributed by atoms with Gasteiger partial charge in [0.05, 0.1) is 4.90 Å². The maximum Gasteiger partial charge on any atom is 0.267 e. The third-order valence-corrected chi connectivity index (χ3v) is 5.74. The van der Waals surface area contributed by atoms with Gasteiger partial charge in [-0.3, -0.25) is 14.7 Å². The van der Waals surface area contributed by atoms with Gasteiger partial charge >= 0.3 is 0 Å². The van der Waals surface area contributed by atoms with Gasteiger partial charge in [0.1, 0.15) is 11.2 Å². The van der Waals surface area contributed by atoms with Crippen LogP contribution in [0.2, 0.25) is 0 Å². The summed E-state index contributed by atoms with van der Waals surface area (Å²) < 4.78 is 33.9. The van der Waals surface area contributed by atoms with Gasteiger partial charge in [-0.2, -0.15) is 0 Å². The van der Waals surface area contributed by atoms with Crippen molar-refractivity contribution in [3.8, 4) is 0 Å². The fourth-order valence-electron chi connectivity index (χ4n) is 2.96. The zero-order valence-electron chi connectivity index (χ0n) is 15.0. The number of carbonyl (C=O) groups excluding carboxylic acids is 1. The number of para-hydroxylation sites is 1. The molecule has 4 aromatic rings. The Morgan fingerprint density at radius 2 is 1.66 bits per heavy atom. The van der Waals surface area contributed by atoms with Crippen LogP contribution in [0.3, 0.4) is 0 Å². The molecule has 0 bridgehead atoms. The number of furan rings is 1. The van der Waals surface area contributed by atoms with Crippen LogP contribution in [0.1, 0.15) is 5.56 Å². The molecule has 0 radical (unpaired) electrons. The average molecular weight is 408 g/mol. The van der Waals surface area contributed by atoms with Crippen molar-refractivity contribution in [1.82, 2.24) is 5.48 Å². The van der Waals surface area contributed by atoms with Crippen LogP contribution in [0.15, 0.2) is 82.1 Å². The molecule has 8 heteroatoms. The largest absolute Gasteiger partial charge is 0.456 e. The Hall–Kier alpha value is -3.62. The van der Waals surface area contributed by atoms with Crippen LogP contribution in [0, 0.1) is 0 Å². The van der Waals surface area contributed by atoms with E-state index in [0.29, 0.717) is 22.4 Å². The minimum Gasteiger partial charge on any atom is -0.456 e. The number of carbonyl (C=O) groups is 1. The summed E-state index contributed by atoms with van der Waals surface area (Å²) in [6, 6.07) is 18.6. The molecule has 0 fully saturated rings. The maximum absolute atomic E-state index is 12.8. The Kier molecular flexibility index (Phi) is 4.79. The smallest absolute Gasteiger partial charge is 0.267 e. The van der Waals surface area contributed by atoms with Crippen LogP contribution < -0.4 is 10.2 Å². The first-order valence-electron chi connectivity index (χ1n) is 8.62. The lowest BCUT2D eigenvalue weighted by molar-refractivity contribution is -0.124. The monoisotopic (exact) mass is 408 g/mol. The van der Waals surface area contributed by atoms with Gasteiger partial charge in [-0.1, -0.05) is 30.3 Å². The molecule has 0 aliphatic rings. The number of hydroxylamine groups is 1. The second-order valence-corrected chi connectivity index (χ2v) is 7.98. The van der Waals surface area contributed by atoms with Gasteiger partial charge in [-0.15, -0.1) is 0 Å². The Balaban J connectivity index is 1.61. The number of fused-ring (bicyclic) bond motifs is 3. The highest BCUT2D eigenvalue weighted by atomic mass is 32.2. The molecule has 4 rings (SSSR count). The van der Waals surface area contributed by atoms with Crippen LogP contribution in [0.25, 0.3) is 28.0 Å². The summed E-state index contributed by atoms with van der Waals surface area (Å²) in [6.07, 6.45) is 2.64. The standard InChI is InChI=1S/C21H16N2O5S/c24-21(22-25)12-7-14-5-8-15(9-6-14)23-29(26,27)16-10-11-20-18(13-16)17-3-1-2-4-19(17)28-20/h1-13,23,25H,(H,22,24)/b12-7+. The zero-order chi connectivity index (χ0) is 20.4. The van der Waals surface area contributed by atoms with E-state index in [1.54, 1.807) is 36.4 Å². The van der Waals surface area contributed by atoms with E-state index in [1.165, 1.54) is 17.6 Å². The number of anilines is 1. The molecule has 1 heterocycles. The van der Waals surface area contributed by atoms with E-state index < -0.39 is 15.9 Å². The van der Waals surface area contributed by atoms with E-state index >= 15 is 0 Å². The molecule has 0 unspecified atom stereocenters. The molecule has 29 heavy (non-hydrogen) atoms. The molecule has 3 aromatic carbocycles. The first-order valence-corrected chi connectivity index (χ1v) is 10.1. The third kappa shape index (κ3) is 3.84. The lowest BCUT2D eigenvalue weighted by Gasteiger charge is -2.08. The maximum atomic E-state index is 12.8. The number of benzene rings is 3. The highest BCUT2D eigenvalue weighted by molar-refractivity contribution is 7.92. The Bertz CT molecular complexity index is 1340. The van der Waals surface area contributed by atoms with Crippen LogP contribution in [-0.4, -0.2) is 19.5 Å². The Morgan fingerprint density at radius 3 is 2.41 bits per heavy atom. The van der Waals surface area contributed by atoms with E-state index in [-0.39, 0.29) is 4.90 Å². The molecular weight excluding hydrogens is 392 g/mol. The van der Waals surface area contributed by atoms with Crippen molar-refractivity contribution in [3.63, 3.8) is 0 Å². The lowest BCUT2D eigenvalue weighted by atomic mass is 10.1. The van der Waals surface area contributed by atoms with E-state index in [9.17, 15) is 13.2 Å². The summed E-state index contributed by atoms with van der Waals surface area (Å²) in [5.41, 5.74) is 3.86. The summed E-state index contributed by atoms with van der Waals surface area (Å²) in [6.45, 7) is 0. The van der Waals surface area contributed by atoms with Crippen molar-refractivity contribution in [2.75, 3.05) is 4.72 Å². The van der Waals surface area contributed by atoms with Gasteiger partial charge in [0, 0.05) is 22.5 Å². The molecule has 0 saturated carbocycles. The molecule has 0 aliphatic heterocycles. The highest BCUT2D eigenvalue weighted by Gasteiger charge is 2.17. The zero-order valence-corrected chi connectivity index (χ0v) is 15.8. The first kappa shape index (κ1) is 18.7. The average Bonchev–Trinajstić information content (AvgIpc) is 3.10. The normalized spacial score (nSPS) is 11.9. The topological polar surface area (TPSA) is 109 Å². The summed E-state index contributed by atoms with van der Waals surface area (Å²) in [7, 11) is -3.80. The number of amides is 1. The van der Waals surface area contributed by atoms with Gasteiger partial charge in [-0.25, -0.2) is 13.9 Å². The van der Waals surface area contributed by atoms with Crippen molar-refractivity contribution in [1.29, 1.82) is 0 Å². The Labute approximate surface area is 166 Å². The number of rotatable bonds is 5. The number of hydrogen-bond acceptors (Lipinski definition) is 5. The van der Waals surface area contributed by atoms with Gasteiger partial charge in [0.15, 0.2) is 0 Å². The molecule has 0 atom stereocenters. The van der Waals surface area contributed by atoms with Gasteiger partial charge in [0.2, 0.25) is 0 Å². The molecule has 3 N–H and O–H groups in total. The minimum atomic E-state index is -3.80. The second kappa shape index (κ2) is 7.42. The second-order valence-electron chi connectivity index (χ2n) is 6.29. The minimum absolute atomic E-state index is 0.125. The van der Waals surface area contributed by atoms with E-state index in [4.69, 9.17) is 9.62 Å². The lowest BCUT2D eigenvalue weighted by Crippen LogP contribution is -2.14. The van der Waals surface area contributed by atoms with Crippen LogP contribution in [0.5, 0.6) is 0 Å². The van der Waals surface area contributed by atoms with Crippen LogP contribution >= 0.6 is 0 Å². The van der Waals surface area contributed by atoms with E-state index in [0.717, 1.165) is 16.8 Å². The van der Waals surface area contributed by atoms with Crippen molar-refractivity contribution in [2.24, 2.45) is 0 Å². The first-order chi connectivity index (χ1) is 14.0. The van der Waals surface area contributed by atoms with Crippen molar-refractivity contribution in [2.45, 2.75) is 4.90 Å². The van der Waals surface area contributed by atoms with Crippen molar-refractivity contribution >= 4 is 49.6 Å². The quantitative estimate of drug-likeness (QED) is 0.264. The molecule has 0 saturated heterocycles. The molecule has 146 valence electrons.